The lowest BCUT2D eigenvalue weighted by molar-refractivity contribution is -0.384. The summed E-state index contributed by atoms with van der Waals surface area (Å²) in [5.41, 5.74) is 2.60. The summed E-state index contributed by atoms with van der Waals surface area (Å²) in [6.07, 6.45) is 1.68. The molecule has 176 valence electrons. The molecular weight excluding hydrogens is 456 g/mol. The second-order valence-corrected chi connectivity index (χ2v) is 8.39. The third-order valence-electron chi connectivity index (χ3n) is 4.82. The fraction of sp³-hybridized carbons (Fsp3) is 0.217. The molecule has 0 fully saturated rings. The molecule has 2 amide bonds. The number of anilines is 1. The highest BCUT2D eigenvalue weighted by atomic mass is 32.2. The number of nitro groups is 1. The molecule has 1 aromatic heterocycles. The molecule has 0 aliphatic rings. The van der Waals surface area contributed by atoms with Crippen LogP contribution in [0.2, 0.25) is 0 Å². The van der Waals surface area contributed by atoms with Crippen molar-refractivity contribution in [3.63, 3.8) is 0 Å². The highest BCUT2D eigenvalue weighted by Gasteiger charge is 2.16. The number of hydrogen-bond acceptors (Lipinski definition) is 7. The van der Waals surface area contributed by atoms with Crippen molar-refractivity contribution < 1.29 is 14.5 Å². The van der Waals surface area contributed by atoms with E-state index in [0.717, 1.165) is 5.56 Å². The van der Waals surface area contributed by atoms with Gasteiger partial charge in [-0.1, -0.05) is 35.5 Å². The minimum absolute atomic E-state index is 0.0376. The first-order chi connectivity index (χ1) is 16.3. The van der Waals surface area contributed by atoms with E-state index in [9.17, 15) is 19.7 Å². The first kappa shape index (κ1) is 24.6. The number of nitrogens with one attached hydrogen (secondary N) is 2. The number of rotatable bonds is 10. The number of nitrogens with zero attached hydrogens (tertiary/aromatic N) is 4. The standard InChI is InChI=1S/C23H24N6O4S/c1-4-10-28-20(13-24-22(31)17-7-5-6-15(2)11-17)26-27-23(28)34-14-21(30)25-19-9-8-18(29(32)33)12-16(19)3/h4-9,11-12H,1,10,13-14H2,2-3H3,(H,24,31)(H,25,30). The topological polar surface area (TPSA) is 132 Å². The number of amides is 2. The molecule has 1 heterocycles. The van der Waals surface area contributed by atoms with Gasteiger partial charge in [-0.3, -0.25) is 19.7 Å². The molecule has 2 aromatic carbocycles. The van der Waals surface area contributed by atoms with Crippen molar-refractivity contribution in [2.24, 2.45) is 0 Å². The first-order valence-electron chi connectivity index (χ1n) is 10.3. The van der Waals surface area contributed by atoms with Crippen LogP contribution in [-0.2, 0) is 17.9 Å². The first-order valence-corrected chi connectivity index (χ1v) is 11.3. The lowest BCUT2D eigenvalue weighted by Gasteiger charge is -2.10. The van der Waals surface area contributed by atoms with Crippen LogP contribution >= 0.6 is 11.8 Å². The Morgan fingerprint density at radius 1 is 1.21 bits per heavy atom. The van der Waals surface area contributed by atoms with Crippen molar-refractivity contribution >= 4 is 35.0 Å². The molecule has 10 nitrogen and oxygen atoms in total. The molecule has 0 spiro atoms. The summed E-state index contributed by atoms with van der Waals surface area (Å²) in [6, 6.07) is 11.5. The van der Waals surface area contributed by atoms with Gasteiger partial charge in [0.1, 0.15) is 0 Å². The lowest BCUT2D eigenvalue weighted by Crippen LogP contribution is -2.25. The molecule has 0 saturated heterocycles. The van der Waals surface area contributed by atoms with E-state index in [2.05, 4.69) is 27.4 Å². The average molecular weight is 481 g/mol. The molecule has 3 rings (SSSR count). The van der Waals surface area contributed by atoms with Gasteiger partial charge in [0.25, 0.3) is 11.6 Å². The SMILES string of the molecule is C=CCn1c(CNC(=O)c2cccc(C)c2)nnc1SCC(=O)Nc1ccc([N+](=O)[O-])cc1C. The maximum absolute atomic E-state index is 12.4. The Hall–Kier alpha value is -3.99. The molecule has 0 bridgehead atoms. The highest BCUT2D eigenvalue weighted by molar-refractivity contribution is 7.99. The van der Waals surface area contributed by atoms with Gasteiger partial charge >= 0.3 is 0 Å². The second-order valence-electron chi connectivity index (χ2n) is 7.44. The summed E-state index contributed by atoms with van der Waals surface area (Å²) in [7, 11) is 0. The molecule has 3 aromatic rings. The monoisotopic (exact) mass is 480 g/mol. The van der Waals surface area contributed by atoms with Gasteiger partial charge < -0.3 is 15.2 Å². The molecule has 11 heteroatoms. The fourth-order valence-electron chi connectivity index (χ4n) is 3.13. The van der Waals surface area contributed by atoms with Crippen molar-refractivity contribution in [2.75, 3.05) is 11.1 Å². The zero-order valence-corrected chi connectivity index (χ0v) is 19.6. The van der Waals surface area contributed by atoms with E-state index in [1.54, 1.807) is 29.7 Å². The number of allylic oxidation sites excluding steroid dienone is 1. The zero-order chi connectivity index (χ0) is 24.7. The number of benzene rings is 2. The molecule has 0 unspecified atom stereocenters. The van der Waals surface area contributed by atoms with Gasteiger partial charge in [-0.25, -0.2) is 0 Å². The maximum atomic E-state index is 12.4. The predicted octanol–water partition coefficient (Wildman–Crippen LogP) is 3.65. The van der Waals surface area contributed by atoms with Crippen molar-refractivity contribution in [3.05, 3.63) is 87.7 Å². The predicted molar refractivity (Wildman–Crippen MR) is 130 cm³/mol. The summed E-state index contributed by atoms with van der Waals surface area (Å²) in [5.74, 6) is 0.0878. The van der Waals surface area contributed by atoms with E-state index in [1.165, 1.54) is 30.0 Å². The number of aromatic nitrogens is 3. The number of carbonyl (C=O) groups is 2. The molecule has 34 heavy (non-hydrogen) atoms. The second kappa shape index (κ2) is 11.2. The van der Waals surface area contributed by atoms with E-state index >= 15 is 0 Å². The van der Waals surface area contributed by atoms with Crippen molar-refractivity contribution in [2.45, 2.75) is 32.1 Å². The van der Waals surface area contributed by atoms with Crippen molar-refractivity contribution in [1.82, 2.24) is 20.1 Å². The normalized spacial score (nSPS) is 10.5. The van der Waals surface area contributed by atoms with E-state index in [-0.39, 0.29) is 29.8 Å². The number of carbonyl (C=O) groups excluding carboxylic acids is 2. The largest absolute Gasteiger partial charge is 0.345 e. The van der Waals surface area contributed by atoms with E-state index in [0.29, 0.717) is 34.3 Å². The number of aryl methyl sites for hydroxylation is 2. The van der Waals surface area contributed by atoms with Gasteiger partial charge in [-0.15, -0.1) is 16.8 Å². The Kier molecular flexibility index (Phi) is 8.14. The number of non-ortho nitro benzene ring substituents is 1. The molecule has 0 aliphatic carbocycles. The van der Waals surface area contributed by atoms with Crippen molar-refractivity contribution in [1.29, 1.82) is 0 Å². The molecule has 0 saturated carbocycles. The van der Waals surface area contributed by atoms with Crippen molar-refractivity contribution in [3.8, 4) is 0 Å². The summed E-state index contributed by atoms with van der Waals surface area (Å²) in [4.78, 5) is 35.3. The van der Waals surface area contributed by atoms with Gasteiger partial charge in [0.05, 0.1) is 17.2 Å². The van der Waals surface area contributed by atoms with E-state index in [1.807, 2.05) is 19.1 Å². The summed E-state index contributed by atoms with van der Waals surface area (Å²) < 4.78 is 1.78. The van der Waals surface area contributed by atoms with Gasteiger partial charge in [-0.05, 0) is 37.6 Å². The van der Waals surface area contributed by atoms with Crippen LogP contribution in [0.3, 0.4) is 0 Å². The Labute approximate surface area is 200 Å². The summed E-state index contributed by atoms with van der Waals surface area (Å²) >= 11 is 1.19. The van der Waals surface area contributed by atoms with Crippen LogP contribution in [0.15, 0.2) is 60.3 Å². The highest BCUT2D eigenvalue weighted by Crippen LogP contribution is 2.22. The molecule has 0 aliphatic heterocycles. The Bertz CT molecular complexity index is 1240. The van der Waals surface area contributed by atoms with E-state index in [4.69, 9.17) is 0 Å². The summed E-state index contributed by atoms with van der Waals surface area (Å²) in [6.45, 7) is 7.94. The number of thioether (sulfide) groups is 1. The molecule has 0 atom stereocenters. The number of nitro benzene ring substituents is 1. The summed E-state index contributed by atoms with van der Waals surface area (Å²) in [5, 5.41) is 25.3. The van der Waals surface area contributed by atoms with Crippen LogP contribution < -0.4 is 10.6 Å². The minimum Gasteiger partial charge on any atom is -0.345 e. The van der Waals surface area contributed by atoms with E-state index < -0.39 is 4.92 Å². The van der Waals surface area contributed by atoms with Gasteiger partial charge in [-0.2, -0.15) is 0 Å². The zero-order valence-electron chi connectivity index (χ0n) is 18.8. The maximum Gasteiger partial charge on any atom is 0.269 e. The Balaban J connectivity index is 1.61. The van der Waals surface area contributed by atoms with Crippen LogP contribution in [0.25, 0.3) is 0 Å². The fourth-order valence-corrected chi connectivity index (χ4v) is 3.90. The molecular formula is C23H24N6O4S. The third kappa shape index (κ3) is 6.29. The molecule has 0 radical (unpaired) electrons. The van der Waals surface area contributed by atoms with Crippen LogP contribution in [0.4, 0.5) is 11.4 Å². The number of hydrogen-bond donors (Lipinski definition) is 2. The van der Waals surface area contributed by atoms with Gasteiger partial charge in [0.15, 0.2) is 11.0 Å². The lowest BCUT2D eigenvalue weighted by atomic mass is 10.1. The van der Waals surface area contributed by atoms with Crippen LogP contribution in [0.1, 0.15) is 27.3 Å². The quantitative estimate of drug-likeness (QED) is 0.196. The van der Waals surface area contributed by atoms with Crippen LogP contribution in [0, 0.1) is 24.0 Å². The van der Waals surface area contributed by atoms with Gasteiger partial charge in [0, 0.05) is 29.9 Å². The third-order valence-corrected chi connectivity index (χ3v) is 5.79. The smallest absolute Gasteiger partial charge is 0.269 e. The van der Waals surface area contributed by atoms with Crippen LogP contribution in [0.5, 0.6) is 0 Å². The molecule has 2 N–H and O–H groups in total. The minimum atomic E-state index is -0.484. The Morgan fingerprint density at radius 2 is 2.00 bits per heavy atom. The average Bonchev–Trinajstić information content (AvgIpc) is 3.19. The van der Waals surface area contributed by atoms with Crippen LogP contribution in [-0.4, -0.2) is 37.3 Å². The Morgan fingerprint density at radius 3 is 2.68 bits per heavy atom. The van der Waals surface area contributed by atoms with Gasteiger partial charge in [0.2, 0.25) is 5.91 Å².